The van der Waals surface area contributed by atoms with Crippen LogP contribution in [0.3, 0.4) is 0 Å². The zero-order valence-corrected chi connectivity index (χ0v) is 14.8. The average Bonchev–Trinajstić information content (AvgIpc) is 2.68. The summed E-state index contributed by atoms with van der Waals surface area (Å²) < 4.78 is 15.1. The van der Waals surface area contributed by atoms with Gasteiger partial charge in [-0.1, -0.05) is 0 Å². The predicted octanol–water partition coefficient (Wildman–Crippen LogP) is 2.09. The summed E-state index contributed by atoms with van der Waals surface area (Å²) in [6, 6.07) is 7.00. The van der Waals surface area contributed by atoms with Crippen LogP contribution in [-0.2, 0) is 0 Å². The van der Waals surface area contributed by atoms with Gasteiger partial charge in [0.05, 0.1) is 38.5 Å². The molecule has 0 saturated carbocycles. The van der Waals surface area contributed by atoms with Crippen molar-refractivity contribution < 1.29 is 29.0 Å². The van der Waals surface area contributed by atoms with Crippen LogP contribution in [0.4, 0.5) is 5.69 Å². The SMILES string of the molecule is COc1cc(OC)cc(C(=O)N/N=C\c2cc(OC)cc([N+](=O)[O-])c2O)c1. The molecule has 0 unspecified atom stereocenters. The summed E-state index contributed by atoms with van der Waals surface area (Å²) in [5.74, 6) is -0.166. The van der Waals surface area contributed by atoms with Crippen molar-refractivity contribution in [3.63, 3.8) is 0 Å². The summed E-state index contributed by atoms with van der Waals surface area (Å²) in [6.45, 7) is 0. The summed E-state index contributed by atoms with van der Waals surface area (Å²) in [6.07, 6.45) is 1.07. The van der Waals surface area contributed by atoms with Gasteiger partial charge in [-0.05, 0) is 18.2 Å². The number of methoxy groups -OCH3 is 3. The fraction of sp³-hybridized carbons (Fsp3) is 0.176. The second-order valence-electron chi connectivity index (χ2n) is 5.14. The molecule has 1 amide bonds. The molecule has 0 fully saturated rings. The molecular weight excluding hydrogens is 358 g/mol. The van der Waals surface area contributed by atoms with E-state index >= 15 is 0 Å². The number of aromatic hydroxyl groups is 1. The first kappa shape index (κ1) is 19.5. The Labute approximate surface area is 154 Å². The Bertz CT molecular complexity index is 874. The van der Waals surface area contributed by atoms with Crippen molar-refractivity contribution in [1.82, 2.24) is 5.43 Å². The van der Waals surface area contributed by atoms with E-state index in [9.17, 15) is 20.0 Å². The molecule has 0 spiro atoms. The minimum atomic E-state index is -0.754. The Morgan fingerprint density at radius 2 is 1.63 bits per heavy atom. The van der Waals surface area contributed by atoms with Gasteiger partial charge in [-0.15, -0.1) is 0 Å². The highest BCUT2D eigenvalue weighted by molar-refractivity contribution is 5.96. The molecule has 0 radical (unpaired) electrons. The van der Waals surface area contributed by atoms with E-state index < -0.39 is 22.3 Å². The Balaban J connectivity index is 2.24. The fourth-order valence-electron chi connectivity index (χ4n) is 2.13. The van der Waals surface area contributed by atoms with Gasteiger partial charge >= 0.3 is 5.69 Å². The van der Waals surface area contributed by atoms with Gasteiger partial charge in [0.15, 0.2) is 0 Å². The molecule has 10 heteroatoms. The number of phenolic OH excluding ortho intramolecular Hbond substituents is 1. The molecule has 27 heavy (non-hydrogen) atoms. The van der Waals surface area contributed by atoms with Gasteiger partial charge in [0.2, 0.25) is 5.75 Å². The van der Waals surface area contributed by atoms with Crippen molar-refractivity contribution in [3.8, 4) is 23.0 Å². The first-order chi connectivity index (χ1) is 12.9. The summed E-state index contributed by atoms with van der Waals surface area (Å²) in [4.78, 5) is 22.5. The largest absolute Gasteiger partial charge is 0.502 e. The zero-order chi connectivity index (χ0) is 20.0. The van der Waals surface area contributed by atoms with Crippen molar-refractivity contribution in [1.29, 1.82) is 0 Å². The third kappa shape index (κ3) is 4.63. The number of nitrogens with zero attached hydrogens (tertiary/aromatic N) is 2. The maximum Gasteiger partial charge on any atom is 0.315 e. The van der Waals surface area contributed by atoms with E-state index in [2.05, 4.69) is 10.5 Å². The van der Waals surface area contributed by atoms with Crippen LogP contribution in [0.15, 0.2) is 35.4 Å². The highest BCUT2D eigenvalue weighted by Gasteiger charge is 2.19. The minimum Gasteiger partial charge on any atom is -0.502 e. The number of nitrogens with one attached hydrogen (secondary N) is 1. The van der Waals surface area contributed by atoms with E-state index in [1.807, 2.05) is 0 Å². The molecule has 0 bridgehead atoms. The van der Waals surface area contributed by atoms with E-state index in [1.165, 1.54) is 39.5 Å². The number of carbonyl (C=O) groups excluding carboxylic acids is 1. The summed E-state index contributed by atoms with van der Waals surface area (Å²) in [7, 11) is 4.23. The van der Waals surface area contributed by atoms with Gasteiger partial charge < -0.3 is 19.3 Å². The normalized spacial score (nSPS) is 10.5. The molecule has 0 saturated heterocycles. The van der Waals surface area contributed by atoms with Gasteiger partial charge in [0.1, 0.15) is 17.2 Å². The number of hydrogen-bond donors (Lipinski definition) is 2. The van der Waals surface area contributed by atoms with Crippen LogP contribution in [0, 0.1) is 10.1 Å². The van der Waals surface area contributed by atoms with Crippen molar-refractivity contribution in [2.45, 2.75) is 0 Å². The Morgan fingerprint density at radius 1 is 1.07 bits per heavy atom. The molecule has 10 nitrogen and oxygen atoms in total. The average molecular weight is 375 g/mol. The van der Waals surface area contributed by atoms with Gasteiger partial charge in [-0.3, -0.25) is 14.9 Å². The molecule has 0 aliphatic carbocycles. The Kier molecular flexibility index (Phi) is 6.15. The van der Waals surface area contributed by atoms with Crippen LogP contribution in [0.5, 0.6) is 23.0 Å². The quantitative estimate of drug-likeness (QED) is 0.430. The number of phenols is 1. The second-order valence-corrected chi connectivity index (χ2v) is 5.14. The first-order valence-corrected chi connectivity index (χ1v) is 7.51. The maximum absolute atomic E-state index is 12.2. The van der Waals surface area contributed by atoms with Crippen molar-refractivity contribution in [2.75, 3.05) is 21.3 Å². The van der Waals surface area contributed by atoms with E-state index in [4.69, 9.17) is 14.2 Å². The summed E-state index contributed by atoms with van der Waals surface area (Å²) in [5, 5.41) is 24.7. The molecule has 0 atom stereocenters. The van der Waals surface area contributed by atoms with Gasteiger partial charge in [0, 0.05) is 17.2 Å². The molecular formula is C17H17N3O7. The van der Waals surface area contributed by atoms with E-state index in [0.717, 1.165) is 12.3 Å². The smallest absolute Gasteiger partial charge is 0.315 e. The van der Waals surface area contributed by atoms with Crippen LogP contribution in [-0.4, -0.2) is 43.5 Å². The number of benzene rings is 2. The van der Waals surface area contributed by atoms with Crippen molar-refractivity contribution >= 4 is 17.8 Å². The lowest BCUT2D eigenvalue weighted by atomic mass is 10.1. The number of nitro groups is 1. The first-order valence-electron chi connectivity index (χ1n) is 7.51. The highest BCUT2D eigenvalue weighted by atomic mass is 16.6. The monoisotopic (exact) mass is 375 g/mol. The number of hydrogen-bond acceptors (Lipinski definition) is 8. The van der Waals surface area contributed by atoms with E-state index in [1.54, 1.807) is 6.07 Å². The number of nitro benzene ring substituents is 1. The molecule has 0 heterocycles. The van der Waals surface area contributed by atoms with Gasteiger partial charge in [0.25, 0.3) is 5.91 Å². The molecule has 0 aliphatic heterocycles. The van der Waals surface area contributed by atoms with Crippen molar-refractivity contribution in [3.05, 3.63) is 51.6 Å². The standard InChI is InChI=1S/C17H17N3O7/c1-25-12-4-10(5-13(7-12)26-2)17(22)19-18-9-11-6-14(27-3)8-15(16(11)21)20(23)24/h4-9,21H,1-3H3,(H,19,22)/b18-9-. The van der Waals surface area contributed by atoms with Crippen LogP contribution >= 0.6 is 0 Å². The van der Waals surface area contributed by atoms with Crippen LogP contribution in [0.1, 0.15) is 15.9 Å². The van der Waals surface area contributed by atoms with Crippen LogP contribution in [0.25, 0.3) is 0 Å². The topological polar surface area (TPSA) is 133 Å². The predicted molar refractivity (Wildman–Crippen MR) is 95.9 cm³/mol. The van der Waals surface area contributed by atoms with Crippen molar-refractivity contribution in [2.24, 2.45) is 5.10 Å². The molecule has 2 aromatic carbocycles. The van der Waals surface area contributed by atoms with Crippen LogP contribution in [0.2, 0.25) is 0 Å². The fourth-order valence-corrected chi connectivity index (χ4v) is 2.13. The number of carbonyl (C=O) groups is 1. The number of hydrazone groups is 1. The molecule has 0 aromatic heterocycles. The van der Waals surface area contributed by atoms with Crippen LogP contribution < -0.4 is 19.6 Å². The summed E-state index contributed by atoms with van der Waals surface area (Å²) >= 11 is 0. The molecule has 2 N–H and O–H groups in total. The van der Waals surface area contributed by atoms with E-state index in [-0.39, 0.29) is 16.9 Å². The summed E-state index contributed by atoms with van der Waals surface area (Å²) in [5.41, 5.74) is 1.95. The number of rotatable bonds is 7. The molecule has 2 rings (SSSR count). The lowest BCUT2D eigenvalue weighted by Crippen LogP contribution is -2.17. The zero-order valence-electron chi connectivity index (χ0n) is 14.8. The minimum absolute atomic E-state index is 0.00423. The maximum atomic E-state index is 12.2. The van der Waals surface area contributed by atoms with E-state index in [0.29, 0.717) is 11.5 Å². The second kappa shape index (κ2) is 8.52. The lowest BCUT2D eigenvalue weighted by Gasteiger charge is -2.07. The molecule has 2 aromatic rings. The molecule has 0 aliphatic rings. The number of ether oxygens (including phenoxy) is 3. The Hall–Kier alpha value is -3.82. The molecule has 142 valence electrons. The third-order valence-corrected chi connectivity index (χ3v) is 3.51. The van der Waals surface area contributed by atoms with Gasteiger partial charge in [-0.25, -0.2) is 5.43 Å². The highest BCUT2D eigenvalue weighted by Crippen LogP contribution is 2.33. The third-order valence-electron chi connectivity index (χ3n) is 3.51. The van der Waals surface area contributed by atoms with Gasteiger partial charge in [-0.2, -0.15) is 5.10 Å². The Morgan fingerprint density at radius 3 is 2.15 bits per heavy atom. The lowest BCUT2D eigenvalue weighted by molar-refractivity contribution is -0.385. The number of amides is 1.